The van der Waals surface area contributed by atoms with E-state index in [9.17, 15) is 10.4 Å². The fraction of sp³-hybridized carbons (Fsp3) is 0.409. The molecule has 0 radical (unpaired) electrons. The Morgan fingerprint density at radius 1 is 1.21 bits per heavy atom. The summed E-state index contributed by atoms with van der Waals surface area (Å²) >= 11 is 1.60. The van der Waals surface area contributed by atoms with Crippen molar-refractivity contribution in [3.63, 3.8) is 0 Å². The molecule has 1 N–H and O–H groups in total. The molecule has 0 saturated heterocycles. The fourth-order valence-corrected chi connectivity index (χ4v) is 4.01. The molecule has 6 nitrogen and oxygen atoms in total. The normalized spacial score (nSPS) is 15.0. The Bertz CT molecular complexity index is 948. The molecule has 1 aromatic rings. The van der Waals surface area contributed by atoms with Crippen LogP contribution in [0.5, 0.6) is 0 Å². The molecular formula is C22H24N4O2S. The van der Waals surface area contributed by atoms with Gasteiger partial charge in [-0.25, -0.2) is 0 Å². The van der Waals surface area contributed by atoms with Crippen LogP contribution in [0.1, 0.15) is 38.5 Å². The van der Waals surface area contributed by atoms with E-state index in [0.29, 0.717) is 12.1 Å². The van der Waals surface area contributed by atoms with Gasteiger partial charge >= 0.3 is 0 Å². The molecule has 0 saturated carbocycles. The Kier molecular flexibility index (Phi) is 7.62. The first-order valence-electron chi connectivity index (χ1n) is 9.44. The van der Waals surface area contributed by atoms with Gasteiger partial charge in [0.05, 0.1) is 11.6 Å². The van der Waals surface area contributed by atoms with Gasteiger partial charge in [0.25, 0.3) is 0 Å². The highest BCUT2D eigenvalue weighted by Crippen LogP contribution is 2.40. The first-order valence-corrected chi connectivity index (χ1v) is 10.3. The number of hydrogen-bond acceptors (Lipinski definition) is 7. The number of nitrogens with zero attached hydrogens (tertiary/aromatic N) is 4. The number of anilines is 1. The second kappa shape index (κ2) is 9.94. The van der Waals surface area contributed by atoms with Gasteiger partial charge in [-0.15, -0.1) is 11.3 Å². The van der Waals surface area contributed by atoms with E-state index < -0.39 is 5.60 Å². The van der Waals surface area contributed by atoms with Crippen molar-refractivity contribution in [2.45, 2.75) is 39.2 Å². The van der Waals surface area contributed by atoms with E-state index in [2.05, 4.69) is 17.9 Å². The molecule has 0 amide bonds. The standard InChI is InChI=1S/C22H24N4O2S/c1-4-5-10-26(11-12-27)20-9-7-17(29-20)6-8-19-18(15-25)21(16(13-23)14-24)28-22(19,2)3/h6-9,27H,4-5,10-12H2,1-3H3/b8-6+. The van der Waals surface area contributed by atoms with Gasteiger partial charge in [0.1, 0.15) is 29.4 Å². The number of allylic oxidation sites excluding steroid dienone is 2. The zero-order chi connectivity index (χ0) is 21.4. The molecule has 2 heterocycles. The largest absolute Gasteiger partial charge is 0.480 e. The first kappa shape index (κ1) is 22.2. The summed E-state index contributed by atoms with van der Waals surface area (Å²) < 4.78 is 5.77. The average Bonchev–Trinajstić information content (AvgIpc) is 3.26. The predicted octanol–water partition coefficient (Wildman–Crippen LogP) is 4.29. The molecule has 150 valence electrons. The molecule has 0 spiro atoms. The number of nitriles is 3. The van der Waals surface area contributed by atoms with Crippen molar-refractivity contribution in [1.82, 2.24) is 0 Å². The van der Waals surface area contributed by atoms with E-state index in [4.69, 9.17) is 15.3 Å². The number of thiophene rings is 1. The van der Waals surface area contributed by atoms with Crippen LogP contribution in [0.25, 0.3) is 6.08 Å². The summed E-state index contributed by atoms with van der Waals surface area (Å²) in [6, 6.07) is 9.69. The van der Waals surface area contributed by atoms with Crippen LogP contribution in [0.2, 0.25) is 0 Å². The fourth-order valence-electron chi connectivity index (χ4n) is 3.05. The summed E-state index contributed by atoms with van der Waals surface area (Å²) in [6.07, 6.45) is 5.87. The summed E-state index contributed by atoms with van der Waals surface area (Å²) in [5.74, 6) is 0.0442. The van der Waals surface area contributed by atoms with Crippen molar-refractivity contribution in [3.05, 3.63) is 45.6 Å². The highest BCUT2D eigenvalue weighted by Gasteiger charge is 2.38. The topological polar surface area (TPSA) is 104 Å². The van der Waals surface area contributed by atoms with E-state index in [-0.39, 0.29) is 23.5 Å². The maximum atomic E-state index is 9.59. The van der Waals surface area contributed by atoms with Gasteiger partial charge in [-0.1, -0.05) is 19.4 Å². The van der Waals surface area contributed by atoms with Crippen molar-refractivity contribution in [1.29, 1.82) is 15.8 Å². The SMILES string of the molecule is CCCCN(CCO)c1ccc(/C=C/C2=C(C#N)C(=C(C#N)C#N)OC2(C)C)s1. The molecule has 0 bridgehead atoms. The molecule has 7 heteroatoms. The third-order valence-corrected chi connectivity index (χ3v) is 5.67. The van der Waals surface area contributed by atoms with Gasteiger partial charge in [0.2, 0.25) is 0 Å². The second-order valence-corrected chi connectivity index (χ2v) is 8.11. The predicted molar refractivity (Wildman–Crippen MR) is 114 cm³/mol. The number of ether oxygens (including phenoxy) is 1. The quantitative estimate of drug-likeness (QED) is 0.644. The summed E-state index contributed by atoms with van der Waals surface area (Å²) in [5, 5.41) is 38.3. The minimum atomic E-state index is -0.819. The smallest absolute Gasteiger partial charge is 0.172 e. The van der Waals surface area contributed by atoms with Crippen molar-refractivity contribution in [3.8, 4) is 18.2 Å². The molecular weight excluding hydrogens is 384 g/mol. The molecule has 1 aliphatic rings. The molecule has 0 fully saturated rings. The Morgan fingerprint density at radius 3 is 2.52 bits per heavy atom. The number of hydrogen-bond donors (Lipinski definition) is 1. The maximum absolute atomic E-state index is 9.59. The third kappa shape index (κ3) is 5.06. The zero-order valence-electron chi connectivity index (χ0n) is 16.9. The van der Waals surface area contributed by atoms with Crippen LogP contribution in [0.15, 0.2) is 40.7 Å². The summed E-state index contributed by atoms with van der Waals surface area (Å²) in [4.78, 5) is 3.17. The van der Waals surface area contributed by atoms with E-state index >= 15 is 0 Å². The van der Waals surface area contributed by atoms with Crippen molar-refractivity contribution in [2.24, 2.45) is 0 Å². The molecule has 1 aromatic heterocycles. The molecule has 0 aromatic carbocycles. The molecule has 0 aliphatic carbocycles. The van der Waals surface area contributed by atoms with Gasteiger partial charge in [0.15, 0.2) is 11.3 Å². The molecule has 2 rings (SSSR count). The van der Waals surface area contributed by atoms with Gasteiger partial charge in [-0.3, -0.25) is 0 Å². The van der Waals surface area contributed by atoms with Crippen LogP contribution in [0.4, 0.5) is 5.00 Å². The highest BCUT2D eigenvalue weighted by molar-refractivity contribution is 7.16. The first-order chi connectivity index (χ1) is 13.9. The van der Waals surface area contributed by atoms with Gasteiger partial charge in [0, 0.05) is 23.5 Å². The molecule has 29 heavy (non-hydrogen) atoms. The molecule has 0 unspecified atom stereocenters. The lowest BCUT2D eigenvalue weighted by atomic mass is 9.94. The lowest BCUT2D eigenvalue weighted by molar-refractivity contribution is 0.0954. The third-order valence-electron chi connectivity index (χ3n) is 4.55. The number of unbranched alkanes of at least 4 members (excludes halogenated alkanes) is 1. The van der Waals surface area contributed by atoms with Gasteiger partial charge in [-0.05, 0) is 38.5 Å². The maximum Gasteiger partial charge on any atom is 0.172 e. The Labute approximate surface area is 175 Å². The molecule has 1 aliphatic heterocycles. The Morgan fingerprint density at radius 2 is 1.93 bits per heavy atom. The minimum Gasteiger partial charge on any atom is -0.480 e. The van der Waals surface area contributed by atoms with Gasteiger partial charge in [-0.2, -0.15) is 15.8 Å². The van der Waals surface area contributed by atoms with Crippen molar-refractivity contribution < 1.29 is 9.84 Å². The minimum absolute atomic E-state index is 0.0442. The average molecular weight is 409 g/mol. The van der Waals surface area contributed by atoms with E-state index in [0.717, 1.165) is 29.3 Å². The zero-order valence-corrected chi connectivity index (χ0v) is 17.7. The number of aliphatic hydroxyl groups is 1. The summed E-state index contributed by atoms with van der Waals surface area (Å²) in [6.45, 7) is 7.33. The number of aliphatic hydroxyl groups excluding tert-OH is 1. The number of rotatable bonds is 8. The van der Waals surface area contributed by atoms with Gasteiger partial charge < -0.3 is 14.7 Å². The van der Waals surface area contributed by atoms with Crippen molar-refractivity contribution >= 4 is 22.4 Å². The lowest BCUT2D eigenvalue weighted by Gasteiger charge is -2.21. The monoisotopic (exact) mass is 408 g/mol. The van der Waals surface area contributed by atoms with Crippen LogP contribution in [0, 0.1) is 34.0 Å². The summed E-state index contributed by atoms with van der Waals surface area (Å²) in [7, 11) is 0. The van der Waals surface area contributed by atoms with Crippen molar-refractivity contribution in [2.75, 3.05) is 24.6 Å². The van der Waals surface area contributed by atoms with Crippen LogP contribution >= 0.6 is 11.3 Å². The Hall–Kier alpha value is -3.05. The van der Waals surface area contributed by atoms with E-state index in [1.54, 1.807) is 37.3 Å². The lowest BCUT2D eigenvalue weighted by Crippen LogP contribution is -2.26. The van der Waals surface area contributed by atoms with Crippen LogP contribution < -0.4 is 4.90 Å². The second-order valence-electron chi connectivity index (χ2n) is 7.01. The van der Waals surface area contributed by atoms with E-state index in [1.807, 2.05) is 24.3 Å². The molecule has 0 atom stereocenters. The van der Waals surface area contributed by atoms with E-state index in [1.165, 1.54) is 0 Å². The Balaban J connectivity index is 2.35. The van der Waals surface area contributed by atoms with Crippen LogP contribution in [-0.4, -0.2) is 30.4 Å². The van der Waals surface area contributed by atoms with Crippen LogP contribution in [-0.2, 0) is 4.74 Å². The highest BCUT2D eigenvalue weighted by atomic mass is 32.1. The summed E-state index contributed by atoms with van der Waals surface area (Å²) in [5.41, 5.74) is -0.177. The van der Waals surface area contributed by atoms with Crippen LogP contribution in [0.3, 0.4) is 0 Å².